The van der Waals surface area contributed by atoms with E-state index < -0.39 is 17.3 Å². The van der Waals surface area contributed by atoms with Crippen LogP contribution in [0.25, 0.3) is 0 Å². The fourth-order valence-corrected chi connectivity index (χ4v) is 2.27. The Morgan fingerprint density at radius 3 is 2.30 bits per heavy atom. The van der Waals surface area contributed by atoms with Crippen molar-refractivity contribution in [1.29, 1.82) is 0 Å². The van der Waals surface area contributed by atoms with Crippen LogP contribution < -0.4 is 10.6 Å². The summed E-state index contributed by atoms with van der Waals surface area (Å²) in [5, 5.41) is 15.7. The van der Waals surface area contributed by atoms with Crippen LogP contribution in [0.15, 0.2) is 0 Å². The van der Waals surface area contributed by atoms with Gasteiger partial charge in [-0.25, -0.2) is 4.79 Å². The smallest absolute Gasteiger partial charge is 0.407 e. The molecule has 1 aliphatic rings. The Morgan fingerprint density at radius 1 is 1.30 bits per heavy atom. The van der Waals surface area contributed by atoms with Crippen molar-refractivity contribution < 1.29 is 19.4 Å². The zero-order valence-corrected chi connectivity index (χ0v) is 12.8. The van der Waals surface area contributed by atoms with Crippen molar-refractivity contribution in [3.05, 3.63) is 0 Å². The van der Waals surface area contributed by atoms with Crippen LogP contribution >= 0.6 is 0 Å². The minimum absolute atomic E-state index is 0.0560. The van der Waals surface area contributed by atoms with Crippen molar-refractivity contribution in [2.24, 2.45) is 0 Å². The van der Waals surface area contributed by atoms with Gasteiger partial charge in [0.1, 0.15) is 11.2 Å². The summed E-state index contributed by atoms with van der Waals surface area (Å²) in [6.45, 7) is 7.74. The predicted molar refractivity (Wildman–Crippen MR) is 75.3 cm³/mol. The van der Waals surface area contributed by atoms with Crippen LogP contribution in [0, 0.1) is 0 Å². The molecule has 0 heterocycles. The van der Waals surface area contributed by atoms with E-state index in [1.807, 2.05) is 6.92 Å². The molecular formula is C14H26N2O4. The lowest BCUT2D eigenvalue weighted by Crippen LogP contribution is -2.52. The van der Waals surface area contributed by atoms with Crippen molar-refractivity contribution in [1.82, 2.24) is 10.6 Å². The number of hydrogen-bond acceptors (Lipinski definition) is 4. The topological polar surface area (TPSA) is 87.7 Å². The number of hydrogen-bond donors (Lipinski definition) is 3. The number of amides is 2. The van der Waals surface area contributed by atoms with Gasteiger partial charge in [-0.05, 0) is 53.4 Å². The standard InChI is InChI=1S/C14H26N2O4/c1-5-15-11(17)14(19)8-6-10(7-9-14)16-12(18)20-13(2,3)4/h10,19H,5-9H2,1-4H3,(H,15,17)(H,16,18). The third-order valence-corrected chi connectivity index (χ3v) is 3.29. The molecule has 0 saturated heterocycles. The monoisotopic (exact) mass is 286 g/mol. The van der Waals surface area contributed by atoms with E-state index in [4.69, 9.17) is 4.74 Å². The molecule has 6 heteroatoms. The Bertz CT molecular complexity index is 355. The molecule has 20 heavy (non-hydrogen) atoms. The number of ether oxygens (including phenoxy) is 1. The van der Waals surface area contributed by atoms with E-state index in [1.165, 1.54) is 0 Å². The van der Waals surface area contributed by atoms with E-state index in [0.717, 1.165) is 0 Å². The fraction of sp³-hybridized carbons (Fsp3) is 0.857. The Hall–Kier alpha value is -1.30. The largest absolute Gasteiger partial charge is 0.444 e. The summed E-state index contributed by atoms with van der Waals surface area (Å²) in [5.74, 6) is -0.323. The van der Waals surface area contributed by atoms with Gasteiger partial charge < -0.3 is 20.5 Å². The predicted octanol–water partition coefficient (Wildman–Crippen LogP) is 1.32. The maximum Gasteiger partial charge on any atom is 0.407 e. The lowest BCUT2D eigenvalue weighted by atomic mass is 9.81. The van der Waals surface area contributed by atoms with Crippen LogP contribution in [0.1, 0.15) is 53.4 Å². The first-order valence-electron chi connectivity index (χ1n) is 7.16. The van der Waals surface area contributed by atoms with Gasteiger partial charge in [0.25, 0.3) is 5.91 Å². The summed E-state index contributed by atoms with van der Waals surface area (Å²) >= 11 is 0. The molecule has 1 aliphatic carbocycles. The van der Waals surface area contributed by atoms with Gasteiger partial charge in [-0.3, -0.25) is 4.79 Å². The molecule has 1 saturated carbocycles. The van der Waals surface area contributed by atoms with E-state index in [1.54, 1.807) is 20.8 Å². The Morgan fingerprint density at radius 2 is 1.85 bits per heavy atom. The van der Waals surface area contributed by atoms with Crippen LogP contribution in [0.4, 0.5) is 4.79 Å². The number of rotatable bonds is 3. The normalized spacial score (nSPS) is 26.8. The lowest BCUT2D eigenvalue weighted by Gasteiger charge is -2.35. The fourth-order valence-electron chi connectivity index (χ4n) is 2.27. The Labute approximate surface area is 120 Å². The molecule has 0 bridgehead atoms. The Balaban J connectivity index is 2.42. The minimum atomic E-state index is -1.30. The maximum absolute atomic E-state index is 11.8. The summed E-state index contributed by atoms with van der Waals surface area (Å²) in [5.41, 5.74) is -1.83. The number of alkyl carbamates (subject to hydrolysis) is 1. The molecule has 116 valence electrons. The van der Waals surface area contributed by atoms with Crippen molar-refractivity contribution in [3.8, 4) is 0 Å². The molecule has 2 amide bonds. The lowest BCUT2D eigenvalue weighted by molar-refractivity contribution is -0.143. The number of carbonyl (C=O) groups is 2. The molecule has 1 fully saturated rings. The molecule has 0 radical (unpaired) electrons. The van der Waals surface area contributed by atoms with Crippen LogP contribution in [0.5, 0.6) is 0 Å². The molecular weight excluding hydrogens is 260 g/mol. The second-order valence-corrected chi connectivity index (χ2v) is 6.31. The van der Waals surface area contributed by atoms with Crippen LogP contribution in [-0.2, 0) is 9.53 Å². The molecule has 0 aromatic carbocycles. The van der Waals surface area contributed by atoms with E-state index in [9.17, 15) is 14.7 Å². The molecule has 0 spiro atoms. The summed E-state index contributed by atoms with van der Waals surface area (Å²) in [7, 11) is 0. The van der Waals surface area contributed by atoms with Crippen molar-refractivity contribution in [2.45, 2.75) is 70.6 Å². The van der Waals surface area contributed by atoms with E-state index >= 15 is 0 Å². The zero-order valence-electron chi connectivity index (χ0n) is 12.8. The highest BCUT2D eigenvalue weighted by Gasteiger charge is 2.40. The zero-order chi connectivity index (χ0) is 15.4. The second-order valence-electron chi connectivity index (χ2n) is 6.31. The van der Waals surface area contributed by atoms with Crippen LogP contribution in [-0.4, -0.2) is 40.9 Å². The molecule has 0 unspecified atom stereocenters. The van der Waals surface area contributed by atoms with Crippen LogP contribution in [0.2, 0.25) is 0 Å². The summed E-state index contributed by atoms with van der Waals surface area (Å²) in [4.78, 5) is 23.4. The molecule has 0 atom stereocenters. The second kappa shape index (κ2) is 6.43. The summed E-state index contributed by atoms with van der Waals surface area (Å²) < 4.78 is 5.19. The van der Waals surface area contributed by atoms with Gasteiger partial charge >= 0.3 is 6.09 Å². The number of aliphatic hydroxyl groups is 1. The van der Waals surface area contributed by atoms with Gasteiger partial charge in [0.15, 0.2) is 0 Å². The SMILES string of the molecule is CCNC(=O)C1(O)CCC(NC(=O)OC(C)(C)C)CC1. The van der Waals surface area contributed by atoms with Crippen LogP contribution in [0.3, 0.4) is 0 Å². The van der Waals surface area contributed by atoms with Gasteiger partial charge in [0.2, 0.25) is 0 Å². The average Bonchev–Trinajstić information content (AvgIpc) is 2.30. The minimum Gasteiger partial charge on any atom is -0.444 e. The molecule has 0 aromatic rings. The third-order valence-electron chi connectivity index (χ3n) is 3.29. The van der Waals surface area contributed by atoms with E-state index in [-0.39, 0.29) is 11.9 Å². The molecule has 1 rings (SSSR count). The molecule has 3 N–H and O–H groups in total. The quantitative estimate of drug-likeness (QED) is 0.730. The van der Waals surface area contributed by atoms with Gasteiger partial charge in [0.05, 0.1) is 0 Å². The van der Waals surface area contributed by atoms with E-state index in [2.05, 4.69) is 10.6 Å². The van der Waals surface area contributed by atoms with Crippen molar-refractivity contribution in [3.63, 3.8) is 0 Å². The summed E-state index contributed by atoms with van der Waals surface area (Å²) in [6, 6.07) is -0.0560. The highest BCUT2D eigenvalue weighted by Crippen LogP contribution is 2.28. The number of carbonyl (C=O) groups excluding carboxylic acids is 2. The first-order valence-corrected chi connectivity index (χ1v) is 7.16. The van der Waals surface area contributed by atoms with Gasteiger partial charge in [-0.15, -0.1) is 0 Å². The average molecular weight is 286 g/mol. The molecule has 6 nitrogen and oxygen atoms in total. The summed E-state index contributed by atoms with van der Waals surface area (Å²) in [6.07, 6.45) is 1.36. The maximum atomic E-state index is 11.8. The van der Waals surface area contributed by atoms with Crippen molar-refractivity contribution in [2.75, 3.05) is 6.54 Å². The molecule has 0 aromatic heterocycles. The first-order chi connectivity index (χ1) is 9.16. The van der Waals surface area contributed by atoms with Gasteiger partial charge in [-0.1, -0.05) is 0 Å². The first kappa shape index (κ1) is 16.8. The molecule has 0 aliphatic heterocycles. The van der Waals surface area contributed by atoms with Crippen molar-refractivity contribution >= 4 is 12.0 Å². The highest BCUT2D eigenvalue weighted by atomic mass is 16.6. The van der Waals surface area contributed by atoms with E-state index in [0.29, 0.717) is 32.2 Å². The Kier molecular flexibility index (Phi) is 5.39. The number of likely N-dealkylation sites (N-methyl/N-ethyl adjacent to an activating group) is 1. The highest BCUT2D eigenvalue weighted by molar-refractivity contribution is 5.85. The van der Waals surface area contributed by atoms with Gasteiger partial charge in [-0.2, -0.15) is 0 Å². The third kappa shape index (κ3) is 5.00. The van der Waals surface area contributed by atoms with Gasteiger partial charge in [0, 0.05) is 12.6 Å². The number of nitrogens with one attached hydrogen (secondary N) is 2.